The fourth-order valence-electron chi connectivity index (χ4n) is 4.32. The smallest absolute Gasteiger partial charge is 0.159 e. The van der Waals surface area contributed by atoms with E-state index < -0.39 is 5.82 Å². The van der Waals surface area contributed by atoms with Gasteiger partial charge in [0, 0.05) is 47.9 Å². The molecule has 0 bridgehead atoms. The summed E-state index contributed by atoms with van der Waals surface area (Å²) in [6, 6.07) is 10.2. The van der Waals surface area contributed by atoms with Gasteiger partial charge in [0.1, 0.15) is 35.1 Å². The number of halogens is 1. The Labute approximate surface area is 222 Å². The monoisotopic (exact) mass is 524 g/mol. The summed E-state index contributed by atoms with van der Waals surface area (Å²) in [6.07, 6.45) is 6.89. The largest absolute Gasteiger partial charge is 0.497 e. The van der Waals surface area contributed by atoms with Gasteiger partial charge in [-0.05, 0) is 44.4 Å². The average molecular weight is 525 g/mol. The lowest BCUT2D eigenvalue weighted by Gasteiger charge is -2.11. The lowest BCUT2D eigenvalue weighted by molar-refractivity contribution is 0.261. The number of H-pyrrole nitrogens is 2. The van der Waals surface area contributed by atoms with E-state index in [2.05, 4.69) is 35.0 Å². The molecule has 0 aliphatic heterocycles. The Balaban J connectivity index is 1.38. The summed E-state index contributed by atoms with van der Waals surface area (Å²) in [5, 5.41) is 8.25. The van der Waals surface area contributed by atoms with Crippen LogP contribution in [0.15, 0.2) is 61.2 Å². The first-order chi connectivity index (χ1) is 19.0. The number of aromatic nitrogens is 7. The zero-order valence-electron chi connectivity index (χ0n) is 21.6. The highest BCUT2D eigenvalue weighted by Crippen LogP contribution is 2.33. The molecule has 0 radical (unpaired) electrons. The Kier molecular flexibility index (Phi) is 6.33. The molecule has 0 unspecified atom stereocenters. The number of benzene rings is 1. The van der Waals surface area contributed by atoms with Gasteiger partial charge in [-0.15, -0.1) is 0 Å². The molecule has 39 heavy (non-hydrogen) atoms. The Hall–Kier alpha value is -4.90. The van der Waals surface area contributed by atoms with Gasteiger partial charge in [-0.25, -0.2) is 14.4 Å². The summed E-state index contributed by atoms with van der Waals surface area (Å²) in [4.78, 5) is 23.6. The van der Waals surface area contributed by atoms with E-state index in [1.165, 1.54) is 19.2 Å². The topological polar surface area (TPSA) is 118 Å². The molecule has 5 aromatic heterocycles. The van der Waals surface area contributed by atoms with Crippen LogP contribution in [0.5, 0.6) is 11.5 Å². The minimum atomic E-state index is -0.419. The molecule has 0 atom stereocenters. The molecule has 196 valence electrons. The number of aromatic amines is 2. The van der Waals surface area contributed by atoms with Crippen molar-refractivity contribution in [3.8, 4) is 45.4 Å². The van der Waals surface area contributed by atoms with Crippen LogP contribution in [-0.4, -0.2) is 74.4 Å². The first-order valence-electron chi connectivity index (χ1n) is 12.3. The fraction of sp³-hybridized carbons (Fsp3) is 0.179. The van der Waals surface area contributed by atoms with E-state index in [0.29, 0.717) is 52.0 Å². The molecule has 6 rings (SSSR count). The Morgan fingerprint density at radius 2 is 1.77 bits per heavy atom. The maximum atomic E-state index is 14.2. The maximum absolute atomic E-state index is 14.2. The molecule has 0 saturated heterocycles. The van der Waals surface area contributed by atoms with Crippen LogP contribution in [0.1, 0.15) is 0 Å². The normalized spacial score (nSPS) is 11.5. The second-order valence-corrected chi connectivity index (χ2v) is 9.27. The van der Waals surface area contributed by atoms with Crippen molar-refractivity contribution in [2.75, 3.05) is 34.4 Å². The standard InChI is InChI=1S/C28H25FN8O2/c1-37(2)6-7-39-21-10-17(13-30-15-21)18-11-22-25(35-36-27(22)32-14-18)28-33-23-4-5-31-24(26(23)34-28)16-8-19(29)12-20(9-16)38-3/h4-5,8-15H,6-7H2,1-3H3,(H,33,34)(H,32,35,36). The van der Waals surface area contributed by atoms with Gasteiger partial charge in [-0.2, -0.15) is 5.10 Å². The van der Waals surface area contributed by atoms with Crippen LogP contribution >= 0.6 is 0 Å². The second kappa shape index (κ2) is 10.1. The SMILES string of the molecule is COc1cc(F)cc(-c2nccc3[nH]c(-c4n[nH]c5ncc(-c6cncc(OCCN(C)C)c6)cc45)nc23)c1. The molecule has 1 aromatic carbocycles. The Morgan fingerprint density at radius 3 is 2.62 bits per heavy atom. The molecule has 0 saturated carbocycles. The highest BCUT2D eigenvalue weighted by Gasteiger charge is 2.18. The summed E-state index contributed by atoms with van der Waals surface area (Å²) in [6.45, 7) is 1.37. The molecular formula is C28H25FN8O2. The molecule has 0 spiro atoms. The van der Waals surface area contributed by atoms with Crippen LogP contribution in [0.4, 0.5) is 4.39 Å². The van der Waals surface area contributed by atoms with Crippen molar-refractivity contribution in [2.24, 2.45) is 0 Å². The summed E-state index contributed by atoms with van der Waals surface area (Å²) in [5.74, 6) is 1.20. The predicted molar refractivity (Wildman–Crippen MR) is 146 cm³/mol. The number of rotatable bonds is 8. The van der Waals surface area contributed by atoms with Crippen molar-refractivity contribution in [1.82, 2.24) is 40.0 Å². The molecule has 0 fully saturated rings. The maximum Gasteiger partial charge on any atom is 0.159 e. The number of fused-ring (bicyclic) bond motifs is 2. The third-order valence-corrected chi connectivity index (χ3v) is 6.28. The Bertz CT molecular complexity index is 1800. The highest BCUT2D eigenvalue weighted by atomic mass is 19.1. The van der Waals surface area contributed by atoms with Gasteiger partial charge in [0.05, 0.1) is 29.9 Å². The summed E-state index contributed by atoms with van der Waals surface area (Å²) >= 11 is 0. The minimum Gasteiger partial charge on any atom is -0.497 e. The fourth-order valence-corrected chi connectivity index (χ4v) is 4.32. The molecule has 0 aliphatic rings. The third kappa shape index (κ3) is 4.87. The number of imidazole rings is 1. The molecule has 10 nitrogen and oxygen atoms in total. The lowest BCUT2D eigenvalue weighted by atomic mass is 10.1. The summed E-state index contributed by atoms with van der Waals surface area (Å²) in [7, 11) is 5.49. The molecule has 11 heteroatoms. The second-order valence-electron chi connectivity index (χ2n) is 9.27. The van der Waals surface area contributed by atoms with E-state index in [-0.39, 0.29) is 0 Å². The predicted octanol–water partition coefficient (Wildman–Crippen LogP) is 4.71. The van der Waals surface area contributed by atoms with E-state index in [1.54, 1.807) is 30.9 Å². The van der Waals surface area contributed by atoms with Crippen molar-refractivity contribution in [2.45, 2.75) is 0 Å². The molecule has 0 aliphatic carbocycles. The summed E-state index contributed by atoms with van der Waals surface area (Å²) in [5.41, 5.74) is 5.38. The number of ether oxygens (including phenoxy) is 2. The first kappa shape index (κ1) is 24.4. The van der Waals surface area contributed by atoms with Crippen LogP contribution in [-0.2, 0) is 0 Å². The Morgan fingerprint density at radius 1 is 0.923 bits per heavy atom. The number of likely N-dealkylation sites (N-methyl/N-ethyl adjacent to an activating group) is 1. The van der Waals surface area contributed by atoms with E-state index in [4.69, 9.17) is 14.5 Å². The molecule has 0 amide bonds. The number of nitrogens with one attached hydrogen (secondary N) is 2. The quantitative estimate of drug-likeness (QED) is 0.294. The van der Waals surface area contributed by atoms with E-state index >= 15 is 0 Å². The highest BCUT2D eigenvalue weighted by molar-refractivity contribution is 5.96. The van der Waals surface area contributed by atoms with Crippen LogP contribution in [0.3, 0.4) is 0 Å². The van der Waals surface area contributed by atoms with Gasteiger partial charge in [0.15, 0.2) is 11.5 Å². The van der Waals surface area contributed by atoms with Crippen molar-refractivity contribution in [3.63, 3.8) is 0 Å². The van der Waals surface area contributed by atoms with Gasteiger partial charge < -0.3 is 19.4 Å². The number of nitrogens with zero attached hydrogens (tertiary/aromatic N) is 6. The van der Waals surface area contributed by atoms with Gasteiger partial charge in [0.2, 0.25) is 0 Å². The van der Waals surface area contributed by atoms with E-state index in [9.17, 15) is 4.39 Å². The van der Waals surface area contributed by atoms with Gasteiger partial charge in [-0.1, -0.05) is 0 Å². The van der Waals surface area contributed by atoms with Crippen molar-refractivity contribution in [3.05, 3.63) is 67.0 Å². The minimum absolute atomic E-state index is 0.401. The number of pyridine rings is 3. The zero-order valence-corrected chi connectivity index (χ0v) is 21.6. The summed E-state index contributed by atoms with van der Waals surface area (Å²) < 4.78 is 25.3. The van der Waals surface area contributed by atoms with Crippen LogP contribution in [0.25, 0.3) is 56.0 Å². The van der Waals surface area contributed by atoms with Gasteiger partial charge >= 0.3 is 0 Å². The van der Waals surface area contributed by atoms with Crippen LogP contribution in [0.2, 0.25) is 0 Å². The molecule has 5 heterocycles. The molecule has 2 N–H and O–H groups in total. The van der Waals surface area contributed by atoms with Crippen molar-refractivity contribution >= 4 is 22.1 Å². The molecule has 6 aromatic rings. The van der Waals surface area contributed by atoms with E-state index in [0.717, 1.165) is 28.6 Å². The molecular weight excluding hydrogens is 499 g/mol. The third-order valence-electron chi connectivity index (χ3n) is 6.28. The van der Waals surface area contributed by atoms with Gasteiger partial charge in [-0.3, -0.25) is 15.1 Å². The lowest BCUT2D eigenvalue weighted by Crippen LogP contribution is -2.19. The zero-order chi connectivity index (χ0) is 26.9. The number of methoxy groups -OCH3 is 1. The van der Waals surface area contributed by atoms with E-state index in [1.807, 2.05) is 32.3 Å². The van der Waals surface area contributed by atoms with Crippen molar-refractivity contribution < 1.29 is 13.9 Å². The van der Waals surface area contributed by atoms with Crippen LogP contribution in [0, 0.1) is 5.82 Å². The van der Waals surface area contributed by atoms with Gasteiger partial charge in [0.25, 0.3) is 0 Å². The van der Waals surface area contributed by atoms with Crippen molar-refractivity contribution in [1.29, 1.82) is 0 Å². The number of hydrogen-bond donors (Lipinski definition) is 2. The number of hydrogen-bond acceptors (Lipinski definition) is 8. The average Bonchev–Trinajstić information content (AvgIpc) is 3.56. The van der Waals surface area contributed by atoms with Crippen LogP contribution < -0.4 is 9.47 Å². The first-order valence-corrected chi connectivity index (χ1v) is 12.3.